The van der Waals surface area contributed by atoms with E-state index in [1.54, 1.807) is 37.1 Å². The molecule has 2 amide bonds. The minimum Gasteiger partial charge on any atom is -0.481 e. The van der Waals surface area contributed by atoms with E-state index in [1.165, 1.54) is 4.90 Å². The summed E-state index contributed by atoms with van der Waals surface area (Å²) in [6.07, 6.45) is 0.00794. The molecule has 2 unspecified atom stereocenters. The molecule has 2 rings (SSSR count). The average Bonchev–Trinajstić information content (AvgIpc) is 2.83. The van der Waals surface area contributed by atoms with E-state index < -0.39 is 11.9 Å². The maximum atomic E-state index is 12.9. The number of amides is 2. The van der Waals surface area contributed by atoms with Crippen LogP contribution in [0.2, 0.25) is 5.02 Å². The van der Waals surface area contributed by atoms with Crippen LogP contribution in [0.4, 0.5) is 0 Å². The Bertz CT molecular complexity index is 649. The number of carboxylic acid groups (broad SMARTS) is 1. The number of likely N-dealkylation sites (tertiary alicyclic amines) is 1. The molecule has 0 saturated carbocycles. The van der Waals surface area contributed by atoms with Crippen molar-refractivity contribution in [3.8, 4) is 0 Å². The van der Waals surface area contributed by atoms with Crippen LogP contribution in [0.5, 0.6) is 0 Å². The van der Waals surface area contributed by atoms with Gasteiger partial charge in [-0.3, -0.25) is 14.4 Å². The first kappa shape index (κ1) is 18.3. The second-order valence-corrected chi connectivity index (χ2v) is 6.31. The number of hydrogen-bond acceptors (Lipinski definition) is 3. The molecule has 1 fully saturated rings. The van der Waals surface area contributed by atoms with Gasteiger partial charge in [-0.2, -0.15) is 0 Å². The Hall–Kier alpha value is -2.08. The summed E-state index contributed by atoms with van der Waals surface area (Å²) in [5.74, 6) is -1.78. The molecule has 0 bridgehead atoms. The van der Waals surface area contributed by atoms with E-state index in [1.807, 2.05) is 6.07 Å². The van der Waals surface area contributed by atoms with Crippen LogP contribution in [-0.4, -0.2) is 52.8 Å². The normalized spacial score (nSPS) is 20.3. The van der Waals surface area contributed by atoms with Gasteiger partial charge in [-0.05, 0) is 24.6 Å². The minimum absolute atomic E-state index is 0.104. The molecular weight excluding hydrogens is 332 g/mol. The van der Waals surface area contributed by atoms with Crippen molar-refractivity contribution in [3.63, 3.8) is 0 Å². The Morgan fingerprint density at radius 1 is 1.42 bits per heavy atom. The molecule has 0 spiro atoms. The summed E-state index contributed by atoms with van der Waals surface area (Å²) >= 11 is 6.05. The van der Waals surface area contributed by atoms with Gasteiger partial charge in [-0.15, -0.1) is 0 Å². The summed E-state index contributed by atoms with van der Waals surface area (Å²) in [5, 5.41) is 9.38. The van der Waals surface area contributed by atoms with Crippen molar-refractivity contribution in [1.82, 2.24) is 9.80 Å². The number of hydrogen-bond donors (Lipinski definition) is 1. The fourth-order valence-electron chi connectivity index (χ4n) is 3.13. The van der Waals surface area contributed by atoms with Gasteiger partial charge in [-0.25, -0.2) is 0 Å². The van der Waals surface area contributed by atoms with Gasteiger partial charge in [0, 0.05) is 31.6 Å². The molecule has 1 aliphatic rings. The van der Waals surface area contributed by atoms with Crippen LogP contribution in [-0.2, 0) is 14.4 Å². The van der Waals surface area contributed by atoms with E-state index in [0.717, 1.165) is 5.56 Å². The number of halogens is 1. The number of aliphatic carboxylic acids is 1. The summed E-state index contributed by atoms with van der Waals surface area (Å²) in [6.45, 7) is 2.35. The first-order valence-corrected chi connectivity index (χ1v) is 8.24. The maximum absolute atomic E-state index is 12.9. The lowest BCUT2D eigenvalue weighted by atomic mass is 9.92. The van der Waals surface area contributed by atoms with Crippen molar-refractivity contribution >= 4 is 29.4 Å². The fraction of sp³-hybridized carbons (Fsp3) is 0.471. The second kappa shape index (κ2) is 7.66. The molecule has 1 saturated heterocycles. The van der Waals surface area contributed by atoms with Crippen molar-refractivity contribution < 1.29 is 19.5 Å². The summed E-state index contributed by atoms with van der Waals surface area (Å²) in [7, 11) is 1.68. The average molecular weight is 353 g/mol. The standard InChI is InChI=1S/C17H21ClN2O4/c1-3-20(8-7-15(22)23)17(24)13-10-14(21)19(2)16(13)11-5-4-6-12(18)9-11/h4-6,9,13,16H,3,7-8,10H2,1-2H3,(H,22,23). The monoisotopic (exact) mass is 352 g/mol. The third kappa shape index (κ3) is 3.87. The molecule has 1 aliphatic heterocycles. The van der Waals surface area contributed by atoms with Crippen LogP contribution in [0.15, 0.2) is 24.3 Å². The number of benzene rings is 1. The van der Waals surface area contributed by atoms with Gasteiger partial charge >= 0.3 is 5.97 Å². The first-order chi connectivity index (χ1) is 11.3. The molecule has 1 N–H and O–H groups in total. The topological polar surface area (TPSA) is 77.9 Å². The van der Waals surface area contributed by atoms with Gasteiger partial charge in [0.2, 0.25) is 11.8 Å². The zero-order valence-electron chi connectivity index (χ0n) is 13.7. The van der Waals surface area contributed by atoms with Crippen molar-refractivity contribution in [2.24, 2.45) is 5.92 Å². The molecule has 130 valence electrons. The molecule has 6 nitrogen and oxygen atoms in total. The SMILES string of the molecule is CCN(CCC(=O)O)C(=O)C1CC(=O)N(C)C1c1cccc(Cl)c1. The summed E-state index contributed by atoms with van der Waals surface area (Å²) < 4.78 is 0. The highest BCUT2D eigenvalue weighted by molar-refractivity contribution is 6.30. The molecule has 1 aromatic carbocycles. The molecule has 1 heterocycles. The van der Waals surface area contributed by atoms with E-state index >= 15 is 0 Å². The van der Waals surface area contributed by atoms with Crippen molar-refractivity contribution in [2.45, 2.75) is 25.8 Å². The van der Waals surface area contributed by atoms with E-state index in [0.29, 0.717) is 11.6 Å². The Morgan fingerprint density at radius 3 is 2.71 bits per heavy atom. The van der Waals surface area contributed by atoms with E-state index in [-0.39, 0.29) is 37.2 Å². The predicted octanol–water partition coefficient (Wildman–Crippen LogP) is 2.18. The Balaban J connectivity index is 2.26. The zero-order valence-corrected chi connectivity index (χ0v) is 14.5. The minimum atomic E-state index is -0.952. The molecule has 0 aliphatic carbocycles. The van der Waals surface area contributed by atoms with Crippen LogP contribution in [0, 0.1) is 5.92 Å². The summed E-state index contributed by atoms with van der Waals surface area (Å²) in [4.78, 5) is 38.9. The molecule has 2 atom stereocenters. The molecule has 7 heteroatoms. The van der Waals surface area contributed by atoms with E-state index in [2.05, 4.69) is 0 Å². The lowest BCUT2D eigenvalue weighted by Crippen LogP contribution is -2.39. The van der Waals surface area contributed by atoms with Crippen molar-refractivity contribution in [2.75, 3.05) is 20.1 Å². The van der Waals surface area contributed by atoms with Crippen molar-refractivity contribution in [1.29, 1.82) is 0 Å². The largest absolute Gasteiger partial charge is 0.481 e. The van der Waals surface area contributed by atoms with Gasteiger partial charge in [0.25, 0.3) is 0 Å². The third-order valence-electron chi connectivity index (χ3n) is 4.38. The van der Waals surface area contributed by atoms with E-state index in [4.69, 9.17) is 16.7 Å². The third-order valence-corrected chi connectivity index (χ3v) is 4.62. The highest BCUT2D eigenvalue weighted by atomic mass is 35.5. The zero-order chi connectivity index (χ0) is 17.9. The quantitative estimate of drug-likeness (QED) is 0.851. The predicted molar refractivity (Wildman–Crippen MR) is 89.6 cm³/mol. The van der Waals surface area contributed by atoms with Crippen LogP contribution in [0.25, 0.3) is 0 Å². The Morgan fingerprint density at radius 2 is 2.12 bits per heavy atom. The van der Waals surface area contributed by atoms with Gasteiger partial charge in [-0.1, -0.05) is 23.7 Å². The second-order valence-electron chi connectivity index (χ2n) is 5.88. The molecular formula is C17H21ClN2O4. The highest BCUT2D eigenvalue weighted by Gasteiger charge is 2.44. The number of carbonyl (C=O) groups is 3. The van der Waals surface area contributed by atoms with Crippen LogP contribution in [0.3, 0.4) is 0 Å². The van der Waals surface area contributed by atoms with Gasteiger partial charge in [0.15, 0.2) is 0 Å². The van der Waals surface area contributed by atoms with Crippen LogP contribution >= 0.6 is 11.6 Å². The van der Waals surface area contributed by atoms with Crippen LogP contribution in [0.1, 0.15) is 31.4 Å². The van der Waals surface area contributed by atoms with Gasteiger partial charge < -0.3 is 14.9 Å². The number of nitrogens with zero attached hydrogens (tertiary/aromatic N) is 2. The lowest BCUT2D eigenvalue weighted by molar-refractivity contribution is -0.140. The highest BCUT2D eigenvalue weighted by Crippen LogP contribution is 2.38. The van der Waals surface area contributed by atoms with Crippen molar-refractivity contribution in [3.05, 3.63) is 34.9 Å². The first-order valence-electron chi connectivity index (χ1n) is 7.86. The fourth-order valence-corrected chi connectivity index (χ4v) is 3.33. The van der Waals surface area contributed by atoms with E-state index in [9.17, 15) is 14.4 Å². The molecule has 0 aromatic heterocycles. The number of carboxylic acids is 1. The van der Waals surface area contributed by atoms with Gasteiger partial charge in [0.1, 0.15) is 0 Å². The molecule has 1 aromatic rings. The number of rotatable bonds is 6. The lowest BCUT2D eigenvalue weighted by Gasteiger charge is -2.29. The Labute approximate surface area is 146 Å². The smallest absolute Gasteiger partial charge is 0.305 e. The number of carbonyl (C=O) groups excluding carboxylic acids is 2. The van der Waals surface area contributed by atoms with Crippen LogP contribution < -0.4 is 0 Å². The van der Waals surface area contributed by atoms with Gasteiger partial charge in [0.05, 0.1) is 18.4 Å². The Kier molecular flexibility index (Phi) is 5.83. The summed E-state index contributed by atoms with van der Waals surface area (Å²) in [5.41, 5.74) is 0.809. The summed E-state index contributed by atoms with van der Waals surface area (Å²) in [6, 6.07) is 6.75. The maximum Gasteiger partial charge on any atom is 0.305 e. The molecule has 0 radical (unpaired) electrons. The molecule has 24 heavy (non-hydrogen) atoms.